The average molecular weight is 260 g/mol. The smallest absolute Gasteiger partial charge is 0.306 e. The molecule has 1 aliphatic heterocycles. The van der Waals surface area contributed by atoms with E-state index in [0.717, 1.165) is 32.5 Å². The minimum absolute atomic E-state index is 0. The van der Waals surface area contributed by atoms with E-state index in [4.69, 9.17) is 5.11 Å². The summed E-state index contributed by atoms with van der Waals surface area (Å²) in [4.78, 5) is 13.1. The second-order valence-electron chi connectivity index (χ2n) is 4.41. The molecule has 6 heteroatoms. The third kappa shape index (κ3) is 3.71. The number of carboxylic acids is 1. The Labute approximate surface area is 107 Å². The molecule has 96 valence electrons. The molecule has 0 radical (unpaired) electrons. The number of carbonyl (C=O) groups is 1. The molecule has 1 fully saturated rings. The molecule has 0 bridgehead atoms. The SMILES string of the molecule is Cl.Cn1cc(CN2CCC(C(=O)O)CC2)cn1. The van der Waals surface area contributed by atoms with Gasteiger partial charge in [-0.3, -0.25) is 14.4 Å². The Morgan fingerprint density at radius 1 is 1.53 bits per heavy atom. The van der Waals surface area contributed by atoms with Crippen molar-refractivity contribution in [2.24, 2.45) is 13.0 Å². The Hall–Kier alpha value is -1.07. The van der Waals surface area contributed by atoms with Crippen molar-refractivity contribution < 1.29 is 9.90 Å². The summed E-state index contributed by atoms with van der Waals surface area (Å²) in [5, 5.41) is 13.0. The van der Waals surface area contributed by atoms with Crippen LogP contribution in [-0.2, 0) is 18.4 Å². The van der Waals surface area contributed by atoms with Crippen LogP contribution < -0.4 is 0 Å². The van der Waals surface area contributed by atoms with Crippen molar-refractivity contribution in [2.75, 3.05) is 13.1 Å². The van der Waals surface area contributed by atoms with Gasteiger partial charge in [0.2, 0.25) is 0 Å². The van der Waals surface area contributed by atoms with Gasteiger partial charge in [-0.2, -0.15) is 5.10 Å². The first-order valence-electron chi connectivity index (χ1n) is 5.58. The van der Waals surface area contributed by atoms with E-state index in [9.17, 15) is 4.79 Å². The monoisotopic (exact) mass is 259 g/mol. The maximum Gasteiger partial charge on any atom is 0.306 e. The predicted octanol–water partition coefficient (Wildman–Crippen LogP) is 1.14. The van der Waals surface area contributed by atoms with Crippen molar-refractivity contribution in [1.82, 2.24) is 14.7 Å². The number of rotatable bonds is 3. The Kier molecular flexibility index (Phi) is 4.96. The number of aliphatic carboxylic acids is 1. The van der Waals surface area contributed by atoms with Crippen molar-refractivity contribution in [3.05, 3.63) is 18.0 Å². The van der Waals surface area contributed by atoms with E-state index < -0.39 is 5.97 Å². The van der Waals surface area contributed by atoms with Gasteiger partial charge in [0, 0.05) is 25.4 Å². The molecule has 0 spiro atoms. The van der Waals surface area contributed by atoms with E-state index in [1.165, 1.54) is 5.56 Å². The van der Waals surface area contributed by atoms with Crippen molar-refractivity contribution in [3.8, 4) is 0 Å². The van der Waals surface area contributed by atoms with Crippen LogP contribution in [0.5, 0.6) is 0 Å². The summed E-state index contributed by atoms with van der Waals surface area (Å²) < 4.78 is 1.79. The normalized spacial score (nSPS) is 17.7. The van der Waals surface area contributed by atoms with Gasteiger partial charge in [0.1, 0.15) is 0 Å². The van der Waals surface area contributed by atoms with Gasteiger partial charge in [-0.15, -0.1) is 12.4 Å². The Morgan fingerprint density at radius 2 is 2.18 bits per heavy atom. The Morgan fingerprint density at radius 3 is 2.65 bits per heavy atom. The lowest BCUT2D eigenvalue weighted by Crippen LogP contribution is -2.35. The molecule has 0 saturated carbocycles. The highest BCUT2D eigenvalue weighted by atomic mass is 35.5. The number of hydrogen-bond acceptors (Lipinski definition) is 3. The van der Waals surface area contributed by atoms with Crippen LogP contribution in [0.4, 0.5) is 0 Å². The van der Waals surface area contributed by atoms with Crippen LogP contribution in [0, 0.1) is 5.92 Å². The third-order valence-electron chi connectivity index (χ3n) is 3.10. The van der Waals surface area contributed by atoms with Crippen molar-refractivity contribution in [2.45, 2.75) is 19.4 Å². The number of carboxylic acid groups (broad SMARTS) is 1. The van der Waals surface area contributed by atoms with Crippen LogP contribution >= 0.6 is 12.4 Å². The number of nitrogens with zero attached hydrogens (tertiary/aromatic N) is 3. The summed E-state index contributed by atoms with van der Waals surface area (Å²) in [6.45, 7) is 2.61. The highest BCUT2D eigenvalue weighted by Gasteiger charge is 2.24. The van der Waals surface area contributed by atoms with Gasteiger partial charge < -0.3 is 5.11 Å². The molecule has 0 unspecified atom stereocenters. The molecular formula is C11H18ClN3O2. The predicted molar refractivity (Wildman–Crippen MR) is 66.1 cm³/mol. The molecule has 1 aliphatic rings. The fraction of sp³-hybridized carbons (Fsp3) is 0.636. The zero-order valence-electron chi connectivity index (χ0n) is 9.87. The molecular weight excluding hydrogens is 242 g/mol. The summed E-state index contributed by atoms with van der Waals surface area (Å²) in [6.07, 6.45) is 5.39. The lowest BCUT2D eigenvalue weighted by molar-refractivity contribution is -0.143. The van der Waals surface area contributed by atoms with Gasteiger partial charge in [-0.25, -0.2) is 0 Å². The molecule has 1 aromatic heterocycles. The highest BCUT2D eigenvalue weighted by molar-refractivity contribution is 5.85. The van der Waals surface area contributed by atoms with Gasteiger partial charge in [-0.05, 0) is 25.9 Å². The van der Waals surface area contributed by atoms with Crippen LogP contribution in [0.25, 0.3) is 0 Å². The minimum atomic E-state index is -0.652. The van der Waals surface area contributed by atoms with Gasteiger partial charge in [-0.1, -0.05) is 0 Å². The molecule has 2 rings (SSSR count). The molecule has 17 heavy (non-hydrogen) atoms. The second-order valence-corrected chi connectivity index (χ2v) is 4.41. The van der Waals surface area contributed by atoms with Crippen LogP contribution in [0.15, 0.2) is 12.4 Å². The number of hydrogen-bond donors (Lipinski definition) is 1. The number of aryl methyl sites for hydroxylation is 1. The molecule has 0 amide bonds. The summed E-state index contributed by atoms with van der Waals surface area (Å²) in [5.74, 6) is -0.800. The quantitative estimate of drug-likeness (QED) is 0.884. The number of halogens is 1. The fourth-order valence-electron chi connectivity index (χ4n) is 2.15. The number of likely N-dealkylation sites (tertiary alicyclic amines) is 1. The average Bonchev–Trinajstić information content (AvgIpc) is 2.65. The van der Waals surface area contributed by atoms with Gasteiger partial charge in [0.15, 0.2) is 0 Å². The van der Waals surface area contributed by atoms with Crippen molar-refractivity contribution >= 4 is 18.4 Å². The fourth-order valence-corrected chi connectivity index (χ4v) is 2.15. The standard InChI is InChI=1S/C11H17N3O2.ClH/c1-13-7-9(6-12-13)8-14-4-2-10(3-5-14)11(15)16;/h6-7,10H,2-5,8H2,1H3,(H,15,16);1H. The lowest BCUT2D eigenvalue weighted by atomic mass is 9.97. The maximum atomic E-state index is 10.8. The van der Waals surface area contributed by atoms with E-state index in [2.05, 4.69) is 10.00 Å². The molecule has 0 aromatic carbocycles. The summed E-state index contributed by atoms with van der Waals surface area (Å²) in [7, 11) is 1.90. The first kappa shape index (κ1) is 14.0. The first-order chi connectivity index (χ1) is 7.65. The van der Waals surface area contributed by atoms with Gasteiger partial charge in [0.05, 0.1) is 12.1 Å². The maximum absolute atomic E-state index is 10.8. The Balaban J connectivity index is 0.00000144. The number of aromatic nitrogens is 2. The van der Waals surface area contributed by atoms with E-state index in [1.54, 1.807) is 4.68 Å². The van der Waals surface area contributed by atoms with Crippen LogP contribution in [0.1, 0.15) is 18.4 Å². The largest absolute Gasteiger partial charge is 0.481 e. The zero-order chi connectivity index (χ0) is 11.5. The topological polar surface area (TPSA) is 58.4 Å². The molecule has 0 atom stereocenters. The van der Waals surface area contributed by atoms with E-state index in [-0.39, 0.29) is 18.3 Å². The minimum Gasteiger partial charge on any atom is -0.481 e. The summed E-state index contributed by atoms with van der Waals surface area (Å²) in [5.41, 5.74) is 1.19. The third-order valence-corrected chi connectivity index (χ3v) is 3.10. The van der Waals surface area contributed by atoms with E-state index in [0.29, 0.717) is 0 Å². The van der Waals surface area contributed by atoms with E-state index >= 15 is 0 Å². The zero-order valence-corrected chi connectivity index (χ0v) is 10.7. The molecule has 0 aliphatic carbocycles. The summed E-state index contributed by atoms with van der Waals surface area (Å²) >= 11 is 0. The summed E-state index contributed by atoms with van der Waals surface area (Å²) in [6, 6.07) is 0. The lowest BCUT2D eigenvalue weighted by Gasteiger charge is -2.29. The highest BCUT2D eigenvalue weighted by Crippen LogP contribution is 2.18. The Bertz CT molecular complexity index is 373. The molecule has 2 heterocycles. The number of piperidine rings is 1. The molecule has 1 N–H and O–H groups in total. The van der Waals surface area contributed by atoms with Gasteiger partial charge >= 0.3 is 5.97 Å². The first-order valence-corrected chi connectivity index (χ1v) is 5.58. The molecule has 1 aromatic rings. The van der Waals surface area contributed by atoms with Crippen LogP contribution in [-0.4, -0.2) is 38.8 Å². The van der Waals surface area contributed by atoms with Crippen LogP contribution in [0.2, 0.25) is 0 Å². The van der Waals surface area contributed by atoms with Crippen molar-refractivity contribution in [1.29, 1.82) is 0 Å². The van der Waals surface area contributed by atoms with Gasteiger partial charge in [0.25, 0.3) is 0 Å². The molecule has 1 saturated heterocycles. The van der Waals surface area contributed by atoms with Crippen molar-refractivity contribution in [3.63, 3.8) is 0 Å². The second kappa shape index (κ2) is 6.02. The van der Waals surface area contributed by atoms with Crippen LogP contribution in [0.3, 0.4) is 0 Å². The van der Waals surface area contributed by atoms with E-state index in [1.807, 2.05) is 19.4 Å². The molecule has 5 nitrogen and oxygen atoms in total.